The Morgan fingerprint density at radius 1 is 1.23 bits per heavy atom. The number of fused-ring (bicyclic) bond motifs is 1. The van der Waals surface area contributed by atoms with Crippen LogP contribution in [0.25, 0.3) is 17.0 Å². The number of aromatic nitrogens is 5. The topological polar surface area (TPSA) is 111 Å². The predicted molar refractivity (Wildman–Crippen MR) is 123 cm³/mol. The van der Waals surface area contributed by atoms with Gasteiger partial charge in [-0.3, -0.25) is 14.2 Å². The maximum atomic E-state index is 13.3. The Morgan fingerprint density at radius 3 is 2.80 bits per heavy atom. The number of aryl methyl sites for hydroxylation is 1. The normalized spacial score (nSPS) is 22.2. The zero-order valence-electron chi connectivity index (χ0n) is 18.9. The summed E-state index contributed by atoms with van der Waals surface area (Å²) in [7, 11) is 0. The molecule has 1 spiro atoms. The molecule has 2 saturated heterocycles. The van der Waals surface area contributed by atoms with Gasteiger partial charge in [0.25, 0.3) is 5.91 Å². The first kappa shape index (κ1) is 20.5. The van der Waals surface area contributed by atoms with Gasteiger partial charge in [0.15, 0.2) is 0 Å². The summed E-state index contributed by atoms with van der Waals surface area (Å²) < 4.78 is 25.7. The number of imidazole rings is 1. The molecule has 178 valence electrons. The summed E-state index contributed by atoms with van der Waals surface area (Å²) in [6.07, 6.45) is 4.60. The molecule has 1 amide bonds. The number of halogens is 1. The van der Waals surface area contributed by atoms with Crippen LogP contribution < -0.4 is 10.2 Å². The van der Waals surface area contributed by atoms with Crippen LogP contribution in [-0.4, -0.2) is 62.9 Å². The number of nitrogens with one attached hydrogen (secondary N) is 1. The molecule has 1 N–H and O–H groups in total. The molecule has 2 atom stereocenters. The van der Waals surface area contributed by atoms with Crippen LogP contribution in [0.15, 0.2) is 41.3 Å². The van der Waals surface area contributed by atoms with Crippen LogP contribution in [0.2, 0.25) is 0 Å². The fourth-order valence-electron chi connectivity index (χ4n) is 4.73. The molecule has 0 radical (unpaired) electrons. The first-order valence-electron chi connectivity index (χ1n) is 11.5. The van der Waals surface area contributed by atoms with Gasteiger partial charge in [0.05, 0.1) is 47.8 Å². The minimum Gasteiger partial charge on any atom is -0.380 e. The fourth-order valence-corrected chi connectivity index (χ4v) is 4.73. The summed E-state index contributed by atoms with van der Waals surface area (Å²) in [5.74, 6) is -0.0298. The van der Waals surface area contributed by atoms with Crippen molar-refractivity contribution in [2.45, 2.75) is 25.4 Å². The van der Waals surface area contributed by atoms with Gasteiger partial charge in [-0.15, -0.1) is 0 Å². The molecule has 0 bridgehead atoms. The Bertz CT molecular complexity index is 1470. The average Bonchev–Trinajstić information content (AvgIpc) is 3.19. The smallest absolute Gasteiger partial charge is 0.274 e. The molecular weight excluding hydrogens is 453 g/mol. The highest BCUT2D eigenvalue weighted by molar-refractivity contribution is 6.04. The van der Waals surface area contributed by atoms with Crippen LogP contribution in [0.1, 0.15) is 34.4 Å². The second-order valence-electron chi connectivity index (χ2n) is 9.73. The van der Waals surface area contributed by atoms with Gasteiger partial charge in [-0.25, -0.2) is 9.37 Å². The maximum absolute atomic E-state index is 13.3. The van der Waals surface area contributed by atoms with Crippen LogP contribution in [0.3, 0.4) is 0 Å². The van der Waals surface area contributed by atoms with Gasteiger partial charge in [0, 0.05) is 31.0 Å². The van der Waals surface area contributed by atoms with Gasteiger partial charge >= 0.3 is 0 Å². The summed E-state index contributed by atoms with van der Waals surface area (Å²) in [5, 5.41) is 6.88. The second-order valence-corrected chi connectivity index (χ2v) is 9.73. The largest absolute Gasteiger partial charge is 0.380 e. The molecule has 11 heteroatoms. The summed E-state index contributed by atoms with van der Waals surface area (Å²) in [4.78, 5) is 28.6. The quantitative estimate of drug-likeness (QED) is 0.469. The van der Waals surface area contributed by atoms with Crippen LogP contribution in [0.4, 0.5) is 15.8 Å². The van der Waals surface area contributed by atoms with Crippen LogP contribution in [0, 0.1) is 12.3 Å². The van der Waals surface area contributed by atoms with E-state index >= 15 is 0 Å². The average molecular weight is 475 g/mol. The number of anilines is 2. The van der Waals surface area contributed by atoms with Gasteiger partial charge in [-0.1, -0.05) is 5.16 Å². The fraction of sp³-hybridized carbons (Fsp3) is 0.375. The molecule has 10 nitrogen and oxygen atoms in total. The van der Waals surface area contributed by atoms with E-state index in [0.717, 1.165) is 32.0 Å². The summed E-state index contributed by atoms with van der Waals surface area (Å²) in [6, 6.07) is 5.68. The molecule has 4 aromatic rings. The molecule has 6 heterocycles. The summed E-state index contributed by atoms with van der Waals surface area (Å²) >= 11 is 0. The van der Waals surface area contributed by atoms with Gasteiger partial charge in [0.2, 0.25) is 11.7 Å². The molecule has 2 aliphatic heterocycles. The molecule has 1 saturated carbocycles. The van der Waals surface area contributed by atoms with E-state index in [1.807, 2.05) is 18.3 Å². The van der Waals surface area contributed by atoms with Crippen molar-refractivity contribution in [2.24, 2.45) is 5.41 Å². The third-order valence-electron chi connectivity index (χ3n) is 7.02. The number of hydrogen-bond acceptors (Lipinski definition) is 8. The summed E-state index contributed by atoms with van der Waals surface area (Å²) in [6.45, 7) is 5.35. The molecule has 1 aliphatic carbocycles. The predicted octanol–water partition coefficient (Wildman–Crippen LogP) is 3.00. The van der Waals surface area contributed by atoms with Gasteiger partial charge in [-0.2, -0.15) is 4.98 Å². The SMILES string of the molecule is Cc1ncc(-c2noc([C@H]3C[C@@H]3F)n2)cc1NC(=O)c1cnc2ccc(N3CC4(COC4)C3)cn12. The highest BCUT2D eigenvalue weighted by Crippen LogP contribution is 2.43. The monoisotopic (exact) mass is 475 g/mol. The van der Waals surface area contributed by atoms with Crippen molar-refractivity contribution in [1.29, 1.82) is 0 Å². The Morgan fingerprint density at radius 2 is 2.06 bits per heavy atom. The van der Waals surface area contributed by atoms with E-state index in [0.29, 0.717) is 45.9 Å². The minimum atomic E-state index is -0.922. The van der Waals surface area contributed by atoms with Crippen molar-refractivity contribution < 1.29 is 18.4 Å². The number of hydrogen-bond donors (Lipinski definition) is 1. The summed E-state index contributed by atoms with van der Waals surface area (Å²) in [5.41, 5.74) is 4.18. The van der Waals surface area contributed by atoms with Crippen molar-refractivity contribution >= 4 is 22.9 Å². The van der Waals surface area contributed by atoms with Gasteiger partial charge in [0.1, 0.15) is 17.5 Å². The lowest BCUT2D eigenvalue weighted by atomic mass is 9.78. The number of carbonyl (C=O) groups excluding carboxylic acids is 1. The lowest BCUT2D eigenvalue weighted by Gasteiger charge is -2.55. The Hall–Kier alpha value is -3.86. The van der Waals surface area contributed by atoms with E-state index < -0.39 is 6.17 Å². The molecule has 3 aliphatic rings. The Kier molecular flexibility index (Phi) is 4.29. The molecule has 0 unspecified atom stereocenters. The number of rotatable bonds is 5. The van der Waals surface area contributed by atoms with E-state index in [2.05, 4.69) is 30.3 Å². The molecule has 0 aromatic carbocycles. The van der Waals surface area contributed by atoms with Crippen molar-refractivity contribution in [1.82, 2.24) is 24.5 Å². The zero-order valence-corrected chi connectivity index (χ0v) is 18.9. The number of ether oxygens (including phenoxy) is 1. The third kappa shape index (κ3) is 3.37. The van der Waals surface area contributed by atoms with E-state index in [1.54, 1.807) is 29.8 Å². The number of pyridine rings is 2. The second kappa shape index (κ2) is 7.32. The molecule has 35 heavy (non-hydrogen) atoms. The van der Waals surface area contributed by atoms with E-state index in [-0.39, 0.29) is 17.7 Å². The van der Waals surface area contributed by atoms with E-state index in [1.165, 1.54) is 0 Å². The highest BCUT2D eigenvalue weighted by Gasteiger charge is 2.49. The van der Waals surface area contributed by atoms with Crippen molar-refractivity contribution in [2.75, 3.05) is 36.5 Å². The van der Waals surface area contributed by atoms with Crippen molar-refractivity contribution in [3.05, 3.63) is 54.1 Å². The van der Waals surface area contributed by atoms with Crippen molar-refractivity contribution in [3.63, 3.8) is 0 Å². The van der Waals surface area contributed by atoms with Crippen LogP contribution in [-0.2, 0) is 4.74 Å². The Balaban J connectivity index is 1.13. The minimum absolute atomic E-state index is 0.290. The maximum Gasteiger partial charge on any atom is 0.274 e. The first-order valence-corrected chi connectivity index (χ1v) is 11.5. The van der Waals surface area contributed by atoms with Gasteiger partial charge in [-0.05, 0) is 31.5 Å². The number of alkyl halides is 1. The van der Waals surface area contributed by atoms with Crippen LogP contribution in [0.5, 0.6) is 0 Å². The number of amides is 1. The number of carbonyl (C=O) groups is 1. The number of nitrogens with zero attached hydrogens (tertiary/aromatic N) is 6. The third-order valence-corrected chi connectivity index (χ3v) is 7.02. The Labute approximate surface area is 199 Å². The van der Waals surface area contributed by atoms with Crippen LogP contribution >= 0.6 is 0 Å². The van der Waals surface area contributed by atoms with Gasteiger partial charge < -0.3 is 19.5 Å². The van der Waals surface area contributed by atoms with E-state index in [9.17, 15) is 9.18 Å². The zero-order chi connectivity index (χ0) is 23.7. The molecule has 4 aromatic heterocycles. The molecule has 3 fully saturated rings. The molecule has 7 rings (SSSR count). The van der Waals surface area contributed by atoms with E-state index in [4.69, 9.17) is 9.26 Å². The lowest BCUT2D eigenvalue weighted by Crippen LogP contribution is -2.66. The highest BCUT2D eigenvalue weighted by atomic mass is 19.1. The molecular formula is C24H22FN7O3. The first-order chi connectivity index (χ1) is 17.0. The lowest BCUT2D eigenvalue weighted by molar-refractivity contribution is -0.127. The van der Waals surface area contributed by atoms with Crippen molar-refractivity contribution in [3.8, 4) is 11.4 Å². The standard InChI is InChI=1S/C24H22FN7O3/c1-13-18(4-14(6-26-13)21-29-23(35-30-21)16-5-17(16)25)28-22(33)19-7-27-20-3-2-15(8-32(19)20)31-9-24(10-31)11-34-12-24/h2-4,6-8,16-17H,5,9-12H2,1H3,(H,28,33)/t16-,17-/m0/s1.